The van der Waals surface area contributed by atoms with Crippen LogP contribution in [0.3, 0.4) is 0 Å². The Kier molecular flexibility index (Phi) is 5.84. The smallest absolute Gasteiger partial charge is 0.236 e. The number of anilines is 1. The molecule has 4 rings (SSSR count). The third-order valence-corrected chi connectivity index (χ3v) is 6.55. The number of thioether (sulfide) groups is 1. The van der Waals surface area contributed by atoms with Crippen molar-refractivity contribution in [3.05, 3.63) is 64.5 Å². The van der Waals surface area contributed by atoms with E-state index < -0.39 is 0 Å². The van der Waals surface area contributed by atoms with Gasteiger partial charge >= 0.3 is 0 Å². The molecule has 9 heteroatoms. The number of rotatable bonds is 7. The van der Waals surface area contributed by atoms with Crippen LogP contribution in [0.5, 0.6) is 0 Å². The fourth-order valence-electron chi connectivity index (χ4n) is 2.59. The SMILES string of the molecule is Cc1csc(NC(=O)CSc2nnc(-c3cccs3)n2Cc2ccccc2)n1. The predicted octanol–water partition coefficient (Wildman–Crippen LogP) is 4.55. The van der Waals surface area contributed by atoms with Crippen LogP contribution >= 0.6 is 34.4 Å². The Hall–Kier alpha value is -2.49. The molecule has 0 spiro atoms. The second kappa shape index (κ2) is 8.68. The number of carbonyl (C=O) groups excluding carboxylic acids is 1. The lowest BCUT2D eigenvalue weighted by Crippen LogP contribution is -2.14. The average Bonchev–Trinajstić information content (AvgIpc) is 3.43. The quantitative estimate of drug-likeness (QED) is 0.438. The Morgan fingerprint density at radius 1 is 1.14 bits per heavy atom. The summed E-state index contributed by atoms with van der Waals surface area (Å²) >= 11 is 4.42. The topological polar surface area (TPSA) is 72.7 Å². The van der Waals surface area contributed by atoms with Gasteiger partial charge in [0.2, 0.25) is 5.91 Å². The van der Waals surface area contributed by atoms with Crippen molar-refractivity contribution in [1.29, 1.82) is 0 Å². The maximum atomic E-state index is 12.3. The van der Waals surface area contributed by atoms with Crippen LogP contribution in [0, 0.1) is 6.92 Å². The molecule has 0 aliphatic rings. The lowest BCUT2D eigenvalue weighted by molar-refractivity contribution is -0.113. The highest BCUT2D eigenvalue weighted by Crippen LogP contribution is 2.28. The standard InChI is InChI=1S/C19H17N5OS3/c1-13-11-27-18(20-13)21-16(25)12-28-19-23-22-17(15-8-5-9-26-15)24(19)10-14-6-3-2-4-7-14/h2-9,11H,10,12H2,1H3,(H,20,21,25). The number of aryl methyl sites for hydroxylation is 1. The van der Waals surface area contributed by atoms with Crippen LogP contribution in [-0.2, 0) is 11.3 Å². The first-order chi connectivity index (χ1) is 13.7. The second-order valence-corrected chi connectivity index (χ2v) is 8.73. The van der Waals surface area contributed by atoms with E-state index in [1.807, 2.05) is 48.0 Å². The van der Waals surface area contributed by atoms with Crippen molar-refractivity contribution in [3.63, 3.8) is 0 Å². The van der Waals surface area contributed by atoms with Gasteiger partial charge in [0.1, 0.15) is 0 Å². The maximum absolute atomic E-state index is 12.3. The van der Waals surface area contributed by atoms with E-state index in [4.69, 9.17) is 0 Å². The van der Waals surface area contributed by atoms with Gasteiger partial charge in [-0.2, -0.15) is 0 Å². The summed E-state index contributed by atoms with van der Waals surface area (Å²) in [5.74, 6) is 0.958. The number of nitrogens with one attached hydrogen (secondary N) is 1. The van der Waals surface area contributed by atoms with Crippen LogP contribution in [0.4, 0.5) is 5.13 Å². The first-order valence-corrected chi connectivity index (χ1v) is 11.3. The summed E-state index contributed by atoms with van der Waals surface area (Å²) in [5, 5.41) is 16.8. The minimum absolute atomic E-state index is 0.105. The van der Waals surface area contributed by atoms with Crippen LogP contribution < -0.4 is 5.32 Å². The van der Waals surface area contributed by atoms with Gasteiger partial charge in [-0.3, -0.25) is 9.36 Å². The first-order valence-electron chi connectivity index (χ1n) is 8.55. The number of benzene rings is 1. The number of thiazole rings is 1. The van der Waals surface area contributed by atoms with Crippen LogP contribution in [-0.4, -0.2) is 31.4 Å². The van der Waals surface area contributed by atoms with Gasteiger partial charge in [-0.15, -0.1) is 32.9 Å². The predicted molar refractivity (Wildman–Crippen MR) is 115 cm³/mol. The molecule has 1 N–H and O–H groups in total. The molecule has 6 nitrogen and oxygen atoms in total. The lowest BCUT2D eigenvalue weighted by Gasteiger charge is -2.09. The molecule has 0 aliphatic heterocycles. The van der Waals surface area contributed by atoms with Gasteiger partial charge in [0.25, 0.3) is 0 Å². The van der Waals surface area contributed by atoms with Crippen molar-refractivity contribution < 1.29 is 4.79 Å². The zero-order chi connectivity index (χ0) is 19.3. The highest BCUT2D eigenvalue weighted by molar-refractivity contribution is 7.99. The monoisotopic (exact) mass is 427 g/mol. The third kappa shape index (κ3) is 4.49. The normalized spacial score (nSPS) is 10.9. The highest BCUT2D eigenvalue weighted by Gasteiger charge is 2.17. The van der Waals surface area contributed by atoms with E-state index in [1.165, 1.54) is 23.1 Å². The summed E-state index contributed by atoms with van der Waals surface area (Å²) in [5.41, 5.74) is 2.06. The van der Waals surface area contributed by atoms with E-state index in [-0.39, 0.29) is 11.7 Å². The number of amides is 1. The van der Waals surface area contributed by atoms with E-state index >= 15 is 0 Å². The fraction of sp³-hybridized carbons (Fsp3) is 0.158. The maximum Gasteiger partial charge on any atom is 0.236 e. The summed E-state index contributed by atoms with van der Waals surface area (Å²) in [4.78, 5) is 17.6. The molecule has 3 aromatic heterocycles. The molecule has 0 bridgehead atoms. The van der Waals surface area contributed by atoms with Gasteiger partial charge in [0, 0.05) is 5.38 Å². The van der Waals surface area contributed by atoms with E-state index in [9.17, 15) is 4.79 Å². The molecule has 0 aliphatic carbocycles. The Bertz CT molecular complexity index is 1060. The van der Waals surface area contributed by atoms with Gasteiger partial charge in [0.05, 0.1) is 22.9 Å². The summed E-state index contributed by atoms with van der Waals surface area (Å²) < 4.78 is 2.06. The van der Waals surface area contributed by atoms with Gasteiger partial charge in [0.15, 0.2) is 16.1 Å². The summed E-state index contributed by atoms with van der Waals surface area (Å²) in [6, 6.07) is 14.2. The molecule has 0 saturated heterocycles. The van der Waals surface area contributed by atoms with Crippen molar-refractivity contribution in [2.45, 2.75) is 18.6 Å². The second-order valence-electron chi connectivity index (χ2n) is 5.99. The van der Waals surface area contributed by atoms with Crippen molar-refractivity contribution in [2.75, 3.05) is 11.1 Å². The summed E-state index contributed by atoms with van der Waals surface area (Å²) in [6.07, 6.45) is 0. The molecule has 0 unspecified atom stereocenters. The van der Waals surface area contributed by atoms with E-state index in [1.54, 1.807) is 11.3 Å². The number of nitrogens with zero attached hydrogens (tertiary/aromatic N) is 4. The summed E-state index contributed by atoms with van der Waals surface area (Å²) in [7, 11) is 0. The number of hydrogen-bond acceptors (Lipinski definition) is 7. The molecule has 0 fully saturated rings. The van der Waals surface area contributed by atoms with Gasteiger partial charge in [-0.25, -0.2) is 4.98 Å². The van der Waals surface area contributed by atoms with Gasteiger partial charge < -0.3 is 5.32 Å². The summed E-state index contributed by atoms with van der Waals surface area (Å²) in [6.45, 7) is 2.55. The first kappa shape index (κ1) is 18.9. The largest absolute Gasteiger partial charge is 0.301 e. The molecule has 0 radical (unpaired) electrons. The molecule has 0 saturated carbocycles. The number of carbonyl (C=O) groups is 1. The molecular weight excluding hydrogens is 410 g/mol. The Morgan fingerprint density at radius 2 is 2.00 bits per heavy atom. The van der Waals surface area contributed by atoms with Crippen molar-refractivity contribution >= 4 is 45.5 Å². The number of aromatic nitrogens is 4. The molecule has 0 atom stereocenters. The Labute approximate surface area is 174 Å². The Balaban J connectivity index is 1.52. The minimum Gasteiger partial charge on any atom is -0.301 e. The Morgan fingerprint density at radius 3 is 2.71 bits per heavy atom. The van der Waals surface area contributed by atoms with Gasteiger partial charge in [-0.05, 0) is 23.9 Å². The van der Waals surface area contributed by atoms with Crippen molar-refractivity contribution in [2.24, 2.45) is 0 Å². The molecule has 28 heavy (non-hydrogen) atoms. The van der Waals surface area contributed by atoms with Gasteiger partial charge in [-0.1, -0.05) is 48.2 Å². The van der Waals surface area contributed by atoms with Crippen LogP contribution in [0.1, 0.15) is 11.3 Å². The molecule has 142 valence electrons. The van der Waals surface area contributed by atoms with Crippen molar-refractivity contribution in [3.8, 4) is 10.7 Å². The fourth-order valence-corrected chi connectivity index (χ4v) is 4.75. The molecule has 4 aromatic rings. The lowest BCUT2D eigenvalue weighted by atomic mass is 10.2. The van der Waals surface area contributed by atoms with E-state index in [0.717, 1.165) is 27.1 Å². The molecule has 1 amide bonds. The van der Waals surface area contributed by atoms with Crippen LogP contribution in [0.2, 0.25) is 0 Å². The molecular formula is C19H17N5OS3. The van der Waals surface area contributed by atoms with E-state index in [2.05, 4.69) is 37.2 Å². The average molecular weight is 428 g/mol. The zero-order valence-corrected chi connectivity index (χ0v) is 17.5. The third-order valence-electron chi connectivity index (χ3n) is 3.84. The number of hydrogen-bond donors (Lipinski definition) is 1. The van der Waals surface area contributed by atoms with Crippen LogP contribution in [0.15, 0.2) is 58.4 Å². The number of thiophene rings is 1. The molecule has 1 aromatic carbocycles. The zero-order valence-electron chi connectivity index (χ0n) is 15.0. The minimum atomic E-state index is -0.105. The highest BCUT2D eigenvalue weighted by atomic mass is 32.2. The molecule has 3 heterocycles. The van der Waals surface area contributed by atoms with Crippen LogP contribution in [0.25, 0.3) is 10.7 Å². The van der Waals surface area contributed by atoms with E-state index in [0.29, 0.717) is 11.7 Å². The van der Waals surface area contributed by atoms with Crippen molar-refractivity contribution in [1.82, 2.24) is 19.7 Å².